The van der Waals surface area contributed by atoms with E-state index in [1.807, 2.05) is 33.8 Å². The molecule has 6 nitrogen and oxygen atoms in total. The molecule has 1 aromatic rings. The van der Waals surface area contributed by atoms with Gasteiger partial charge in [-0.25, -0.2) is 8.42 Å². The van der Waals surface area contributed by atoms with Crippen LogP contribution in [0.15, 0.2) is 11.0 Å². The van der Waals surface area contributed by atoms with E-state index in [1.165, 1.54) is 4.31 Å². The van der Waals surface area contributed by atoms with Crippen molar-refractivity contribution < 1.29 is 17.9 Å². The van der Waals surface area contributed by atoms with E-state index in [2.05, 4.69) is 0 Å². The second-order valence-corrected chi connectivity index (χ2v) is 9.20. The number of sulfonamides is 1. The van der Waals surface area contributed by atoms with Gasteiger partial charge >= 0.3 is 0 Å². The van der Waals surface area contributed by atoms with Gasteiger partial charge in [-0.3, -0.25) is 4.79 Å². The molecule has 0 aliphatic carbocycles. The van der Waals surface area contributed by atoms with Gasteiger partial charge in [0.15, 0.2) is 0 Å². The summed E-state index contributed by atoms with van der Waals surface area (Å²) >= 11 is 0. The lowest BCUT2D eigenvalue weighted by atomic mass is 10.0. The van der Waals surface area contributed by atoms with Crippen LogP contribution in [0.4, 0.5) is 0 Å². The summed E-state index contributed by atoms with van der Waals surface area (Å²) in [7, 11) is -3.57. The van der Waals surface area contributed by atoms with Crippen LogP contribution in [0.5, 0.6) is 0 Å². The molecule has 0 aromatic heterocycles. The number of ether oxygens (including phenoxy) is 1. The molecule has 7 heteroatoms. The molecule has 2 saturated heterocycles. The molecule has 3 rings (SSSR count). The molecule has 26 heavy (non-hydrogen) atoms. The maximum atomic E-state index is 13.3. The molecule has 2 aliphatic heterocycles. The Morgan fingerprint density at radius 2 is 1.62 bits per heavy atom. The van der Waals surface area contributed by atoms with E-state index >= 15 is 0 Å². The third-order valence-corrected chi connectivity index (χ3v) is 7.82. The highest BCUT2D eigenvalue weighted by Crippen LogP contribution is 2.29. The standard InChI is InChI=1S/C19H28N2O4S/c1-13-12-14(2)16(4)18(15(13)3)26(23,24)21-9-7-20(8-10-21)19(22)17-6-5-11-25-17/h12,17H,5-11H2,1-4H3. The molecule has 2 fully saturated rings. The third-order valence-electron chi connectivity index (χ3n) is 5.65. The van der Waals surface area contributed by atoms with Gasteiger partial charge in [0, 0.05) is 32.8 Å². The molecule has 1 aromatic carbocycles. The van der Waals surface area contributed by atoms with Gasteiger partial charge in [0.1, 0.15) is 6.10 Å². The van der Waals surface area contributed by atoms with Gasteiger partial charge < -0.3 is 9.64 Å². The number of carbonyl (C=O) groups excluding carboxylic acids is 1. The Bertz CT molecular complexity index is 779. The highest BCUT2D eigenvalue weighted by atomic mass is 32.2. The molecule has 0 N–H and O–H groups in total. The Labute approximate surface area is 156 Å². The molecule has 1 amide bonds. The van der Waals surface area contributed by atoms with E-state index in [1.54, 1.807) is 4.90 Å². The van der Waals surface area contributed by atoms with E-state index in [4.69, 9.17) is 4.74 Å². The summed E-state index contributed by atoms with van der Waals surface area (Å²) in [5.74, 6) is -0.00157. The molecule has 144 valence electrons. The highest BCUT2D eigenvalue weighted by Gasteiger charge is 2.35. The van der Waals surface area contributed by atoms with Crippen LogP contribution in [0, 0.1) is 27.7 Å². The smallest absolute Gasteiger partial charge is 0.251 e. The van der Waals surface area contributed by atoms with Crippen molar-refractivity contribution in [3.05, 3.63) is 28.3 Å². The van der Waals surface area contributed by atoms with Gasteiger partial charge in [-0.2, -0.15) is 4.31 Å². The predicted octanol–water partition coefficient (Wildman–Crippen LogP) is 1.93. The van der Waals surface area contributed by atoms with Crippen molar-refractivity contribution in [1.29, 1.82) is 0 Å². The Morgan fingerprint density at radius 1 is 1.04 bits per heavy atom. The van der Waals surface area contributed by atoms with Crippen molar-refractivity contribution >= 4 is 15.9 Å². The van der Waals surface area contributed by atoms with Crippen LogP contribution in [-0.2, 0) is 19.6 Å². The number of amides is 1. The fourth-order valence-corrected chi connectivity index (χ4v) is 5.82. The quantitative estimate of drug-likeness (QED) is 0.804. The van der Waals surface area contributed by atoms with Gasteiger partial charge in [-0.15, -0.1) is 0 Å². The molecule has 1 unspecified atom stereocenters. The normalized spacial score (nSPS) is 22.0. The van der Waals surface area contributed by atoms with E-state index in [-0.39, 0.29) is 12.0 Å². The number of rotatable bonds is 3. The molecule has 2 aliphatic rings. The van der Waals surface area contributed by atoms with Gasteiger partial charge in [-0.05, 0) is 62.8 Å². The zero-order chi connectivity index (χ0) is 19.1. The zero-order valence-electron chi connectivity index (χ0n) is 16.0. The van der Waals surface area contributed by atoms with Crippen LogP contribution >= 0.6 is 0 Å². The Balaban J connectivity index is 1.78. The minimum Gasteiger partial charge on any atom is -0.368 e. The summed E-state index contributed by atoms with van der Waals surface area (Å²) in [4.78, 5) is 14.6. The van der Waals surface area contributed by atoms with Crippen LogP contribution < -0.4 is 0 Å². The van der Waals surface area contributed by atoms with Crippen molar-refractivity contribution in [3.8, 4) is 0 Å². The summed E-state index contributed by atoms with van der Waals surface area (Å²) in [6, 6.07) is 2.03. The third kappa shape index (κ3) is 3.40. The molecular formula is C19H28N2O4S. The zero-order valence-corrected chi connectivity index (χ0v) is 16.9. The Kier molecular flexibility index (Phi) is 5.42. The average Bonchev–Trinajstić information content (AvgIpc) is 3.14. The highest BCUT2D eigenvalue weighted by molar-refractivity contribution is 7.89. The summed E-state index contributed by atoms with van der Waals surface area (Å²) in [5, 5.41) is 0. The molecule has 0 saturated carbocycles. The Morgan fingerprint density at radius 3 is 2.12 bits per heavy atom. The number of hydrogen-bond acceptors (Lipinski definition) is 4. The first-order valence-corrected chi connectivity index (χ1v) is 10.7. The van der Waals surface area contributed by atoms with E-state index in [0.29, 0.717) is 37.7 Å². The fraction of sp³-hybridized carbons (Fsp3) is 0.632. The summed E-state index contributed by atoms with van der Waals surface area (Å²) in [6.07, 6.45) is 1.33. The van der Waals surface area contributed by atoms with Crippen LogP contribution in [0.1, 0.15) is 35.1 Å². The number of aryl methyl sites for hydroxylation is 2. The van der Waals surface area contributed by atoms with Crippen molar-refractivity contribution in [2.24, 2.45) is 0 Å². The van der Waals surface area contributed by atoms with E-state index in [0.717, 1.165) is 35.1 Å². The second-order valence-electron chi connectivity index (χ2n) is 7.32. The SMILES string of the molecule is Cc1cc(C)c(C)c(S(=O)(=O)N2CCN(C(=O)C3CCCO3)CC2)c1C. The second kappa shape index (κ2) is 7.29. The molecule has 2 heterocycles. The predicted molar refractivity (Wildman–Crippen MR) is 99.7 cm³/mol. The number of benzene rings is 1. The summed E-state index contributed by atoms with van der Waals surface area (Å²) in [6.45, 7) is 9.74. The van der Waals surface area contributed by atoms with Gasteiger partial charge in [0.2, 0.25) is 10.0 Å². The van der Waals surface area contributed by atoms with Crippen LogP contribution in [0.2, 0.25) is 0 Å². The minimum absolute atomic E-state index is 0.00157. The lowest BCUT2D eigenvalue weighted by Crippen LogP contribution is -2.52. The minimum atomic E-state index is -3.57. The molecular weight excluding hydrogens is 352 g/mol. The lowest BCUT2D eigenvalue weighted by Gasteiger charge is -2.35. The van der Waals surface area contributed by atoms with Crippen LogP contribution in [0.3, 0.4) is 0 Å². The molecule has 0 bridgehead atoms. The fourth-order valence-electron chi connectivity index (χ4n) is 3.82. The first-order chi connectivity index (χ1) is 12.2. The molecule has 1 atom stereocenters. The first kappa shape index (κ1) is 19.3. The number of nitrogens with zero attached hydrogens (tertiary/aromatic N) is 2. The van der Waals surface area contributed by atoms with Gasteiger partial charge in [0.25, 0.3) is 5.91 Å². The molecule has 0 radical (unpaired) electrons. The van der Waals surface area contributed by atoms with Crippen molar-refractivity contribution in [2.75, 3.05) is 32.8 Å². The van der Waals surface area contributed by atoms with Gasteiger partial charge in [-0.1, -0.05) is 6.07 Å². The lowest BCUT2D eigenvalue weighted by molar-refractivity contribution is -0.142. The summed E-state index contributed by atoms with van der Waals surface area (Å²) in [5.41, 5.74) is 3.59. The van der Waals surface area contributed by atoms with Crippen molar-refractivity contribution in [1.82, 2.24) is 9.21 Å². The Hall–Kier alpha value is -1.44. The monoisotopic (exact) mass is 380 g/mol. The van der Waals surface area contributed by atoms with Gasteiger partial charge in [0.05, 0.1) is 4.90 Å². The van der Waals surface area contributed by atoms with Crippen molar-refractivity contribution in [3.63, 3.8) is 0 Å². The maximum Gasteiger partial charge on any atom is 0.251 e. The number of carbonyl (C=O) groups is 1. The van der Waals surface area contributed by atoms with E-state index in [9.17, 15) is 13.2 Å². The largest absolute Gasteiger partial charge is 0.368 e. The topological polar surface area (TPSA) is 66.9 Å². The first-order valence-electron chi connectivity index (χ1n) is 9.21. The summed E-state index contributed by atoms with van der Waals surface area (Å²) < 4.78 is 33.5. The average molecular weight is 381 g/mol. The number of piperazine rings is 1. The van der Waals surface area contributed by atoms with E-state index < -0.39 is 10.0 Å². The number of hydrogen-bond donors (Lipinski definition) is 0. The maximum absolute atomic E-state index is 13.3. The molecule has 0 spiro atoms. The van der Waals surface area contributed by atoms with Crippen LogP contribution in [0.25, 0.3) is 0 Å². The van der Waals surface area contributed by atoms with Crippen LogP contribution in [-0.4, -0.2) is 62.4 Å². The van der Waals surface area contributed by atoms with Crippen molar-refractivity contribution in [2.45, 2.75) is 51.5 Å².